The van der Waals surface area contributed by atoms with Crippen molar-refractivity contribution < 1.29 is 4.79 Å². The highest BCUT2D eigenvalue weighted by Crippen LogP contribution is 2.63. The lowest BCUT2D eigenvalue weighted by Crippen LogP contribution is -2.33. The molecule has 1 unspecified atom stereocenters. The minimum Gasteiger partial charge on any atom is -0.351 e. The molecule has 0 bridgehead atoms. The maximum atomic E-state index is 12.2. The summed E-state index contributed by atoms with van der Waals surface area (Å²) in [6.07, 6.45) is 5.10. The summed E-state index contributed by atoms with van der Waals surface area (Å²) in [5.74, 6) is 0.458. The van der Waals surface area contributed by atoms with Crippen molar-refractivity contribution >= 4 is 29.1 Å². The van der Waals surface area contributed by atoms with Gasteiger partial charge in [0.25, 0.3) is 0 Å². The van der Waals surface area contributed by atoms with Gasteiger partial charge in [0.05, 0.1) is 5.41 Å². The van der Waals surface area contributed by atoms with Crippen molar-refractivity contribution in [1.82, 2.24) is 25.1 Å². The first-order chi connectivity index (χ1) is 9.94. The topological polar surface area (TPSA) is 72.7 Å². The molecule has 0 saturated heterocycles. The average Bonchev–Trinajstić information content (AvgIpc) is 2.87. The number of halogens is 2. The van der Waals surface area contributed by atoms with Crippen LogP contribution in [0, 0.1) is 5.41 Å². The number of nitrogens with zero attached hydrogens (tertiary/aromatic N) is 4. The van der Waals surface area contributed by atoms with Crippen LogP contribution in [0.4, 0.5) is 0 Å². The molecule has 110 valence electrons. The third kappa shape index (κ3) is 2.49. The van der Waals surface area contributed by atoms with Gasteiger partial charge in [-0.2, -0.15) is 5.10 Å². The van der Waals surface area contributed by atoms with Crippen LogP contribution < -0.4 is 5.32 Å². The first-order valence-corrected chi connectivity index (χ1v) is 7.15. The molecule has 1 N–H and O–H groups in total. The van der Waals surface area contributed by atoms with Crippen molar-refractivity contribution in [3.05, 3.63) is 36.5 Å². The lowest BCUT2D eigenvalue weighted by Gasteiger charge is -2.14. The monoisotopic (exact) mass is 325 g/mol. The van der Waals surface area contributed by atoms with Crippen molar-refractivity contribution in [3.8, 4) is 5.82 Å². The Morgan fingerprint density at radius 1 is 1.52 bits per heavy atom. The number of rotatable bonds is 4. The second kappa shape index (κ2) is 4.96. The van der Waals surface area contributed by atoms with E-state index in [2.05, 4.69) is 20.4 Å². The molecule has 6 nitrogen and oxygen atoms in total. The molecule has 1 saturated carbocycles. The van der Waals surface area contributed by atoms with Gasteiger partial charge in [-0.05, 0) is 19.4 Å². The summed E-state index contributed by atoms with van der Waals surface area (Å²) in [7, 11) is 0. The minimum atomic E-state index is -0.971. The Hall–Kier alpha value is -1.66. The van der Waals surface area contributed by atoms with E-state index < -0.39 is 9.75 Å². The Morgan fingerprint density at radius 2 is 2.29 bits per heavy atom. The van der Waals surface area contributed by atoms with Crippen LogP contribution in [0.15, 0.2) is 31.0 Å². The van der Waals surface area contributed by atoms with Crippen LogP contribution in [0.5, 0.6) is 0 Å². The van der Waals surface area contributed by atoms with E-state index in [1.54, 1.807) is 30.2 Å². The van der Waals surface area contributed by atoms with Gasteiger partial charge in [-0.3, -0.25) is 4.79 Å². The number of carbonyl (C=O) groups is 1. The summed E-state index contributed by atoms with van der Waals surface area (Å²) in [6, 6.07) is 3.67. The van der Waals surface area contributed by atoms with Crippen LogP contribution in [-0.4, -0.2) is 30.0 Å². The second-order valence-electron chi connectivity index (χ2n) is 5.22. The van der Waals surface area contributed by atoms with Gasteiger partial charge in [0, 0.05) is 18.3 Å². The molecule has 1 fully saturated rings. The largest absolute Gasteiger partial charge is 0.351 e. The molecule has 0 spiro atoms. The number of alkyl halides is 2. The Kier molecular flexibility index (Phi) is 3.37. The summed E-state index contributed by atoms with van der Waals surface area (Å²) < 4.78 is 0.578. The van der Waals surface area contributed by atoms with Crippen molar-refractivity contribution in [2.45, 2.75) is 24.2 Å². The molecule has 1 amide bonds. The fourth-order valence-corrected chi connectivity index (χ4v) is 2.82. The fraction of sp³-hybridized carbons (Fsp3) is 0.385. The van der Waals surface area contributed by atoms with Gasteiger partial charge < -0.3 is 5.32 Å². The highest BCUT2D eigenvalue weighted by atomic mass is 35.5. The molecule has 0 aliphatic heterocycles. The third-order valence-corrected chi connectivity index (χ3v) is 4.80. The van der Waals surface area contributed by atoms with Crippen molar-refractivity contribution in [1.29, 1.82) is 0 Å². The summed E-state index contributed by atoms with van der Waals surface area (Å²) in [4.78, 5) is 20.3. The number of pyridine rings is 1. The predicted molar refractivity (Wildman–Crippen MR) is 78.2 cm³/mol. The minimum absolute atomic E-state index is 0.166. The number of nitrogens with one attached hydrogen (secondary N) is 1. The quantitative estimate of drug-likeness (QED) is 0.871. The number of carbonyl (C=O) groups excluding carboxylic acids is 1. The molecule has 2 aromatic rings. The Morgan fingerprint density at radius 3 is 2.90 bits per heavy atom. The van der Waals surface area contributed by atoms with Crippen molar-refractivity contribution in [2.24, 2.45) is 5.41 Å². The van der Waals surface area contributed by atoms with E-state index in [0.717, 1.165) is 5.56 Å². The number of hydrogen-bond acceptors (Lipinski definition) is 4. The number of hydrogen-bond donors (Lipinski definition) is 1. The number of aromatic nitrogens is 4. The van der Waals surface area contributed by atoms with E-state index in [1.807, 2.05) is 6.07 Å². The molecule has 1 aliphatic rings. The predicted octanol–water partition coefficient (Wildman–Crippen LogP) is 1.86. The maximum Gasteiger partial charge on any atom is 0.229 e. The molecular formula is C13H13Cl2N5O. The van der Waals surface area contributed by atoms with Gasteiger partial charge in [0.15, 0.2) is 5.82 Å². The van der Waals surface area contributed by atoms with E-state index in [0.29, 0.717) is 18.8 Å². The Balaban J connectivity index is 1.74. The van der Waals surface area contributed by atoms with Gasteiger partial charge >= 0.3 is 0 Å². The highest BCUT2D eigenvalue weighted by molar-refractivity contribution is 6.53. The molecule has 0 aromatic carbocycles. The van der Waals surface area contributed by atoms with Crippen LogP contribution in [-0.2, 0) is 11.3 Å². The highest BCUT2D eigenvalue weighted by Gasteiger charge is 2.67. The molecule has 21 heavy (non-hydrogen) atoms. The van der Waals surface area contributed by atoms with Crippen LogP contribution >= 0.6 is 23.2 Å². The van der Waals surface area contributed by atoms with E-state index in [1.165, 1.54) is 6.33 Å². The van der Waals surface area contributed by atoms with E-state index in [9.17, 15) is 4.79 Å². The molecule has 3 rings (SSSR count). The van der Waals surface area contributed by atoms with Crippen molar-refractivity contribution in [3.63, 3.8) is 0 Å². The smallest absolute Gasteiger partial charge is 0.229 e. The lowest BCUT2D eigenvalue weighted by molar-refractivity contribution is -0.125. The van der Waals surface area contributed by atoms with Gasteiger partial charge in [-0.25, -0.2) is 14.6 Å². The molecule has 2 heterocycles. The molecule has 2 aromatic heterocycles. The van der Waals surface area contributed by atoms with Gasteiger partial charge in [-0.15, -0.1) is 23.2 Å². The molecule has 0 radical (unpaired) electrons. The SMILES string of the molecule is CC1(C(=O)NCc2cccnc2-n2cncn2)CC1(Cl)Cl. The zero-order chi connectivity index (χ0) is 15.1. The van der Waals surface area contributed by atoms with Gasteiger partial charge in [0.2, 0.25) is 5.91 Å². The van der Waals surface area contributed by atoms with Crippen molar-refractivity contribution in [2.75, 3.05) is 0 Å². The second-order valence-corrected chi connectivity index (χ2v) is 6.71. The average molecular weight is 326 g/mol. The zero-order valence-corrected chi connectivity index (χ0v) is 12.8. The van der Waals surface area contributed by atoms with Crippen LogP contribution in [0.2, 0.25) is 0 Å². The van der Waals surface area contributed by atoms with Gasteiger partial charge in [0.1, 0.15) is 17.0 Å². The Labute approximate surface area is 131 Å². The normalized spacial score (nSPS) is 22.8. The maximum absolute atomic E-state index is 12.2. The van der Waals surface area contributed by atoms with Crippen LogP contribution in [0.1, 0.15) is 18.9 Å². The van der Waals surface area contributed by atoms with Gasteiger partial charge in [-0.1, -0.05) is 6.07 Å². The summed E-state index contributed by atoms with van der Waals surface area (Å²) in [5, 5.41) is 6.90. The summed E-state index contributed by atoms with van der Waals surface area (Å²) in [5.41, 5.74) is 0.0986. The standard InChI is InChI=1S/C13H13Cl2N5O/c1-12(6-13(12,14)15)11(21)18-5-9-3-2-4-17-10(9)20-8-16-7-19-20/h2-4,7-8H,5-6H2,1H3,(H,18,21). The third-order valence-electron chi connectivity index (χ3n) is 3.70. The Bertz CT molecular complexity index is 673. The van der Waals surface area contributed by atoms with E-state index in [-0.39, 0.29) is 5.91 Å². The van der Waals surface area contributed by atoms with Crippen LogP contribution in [0.25, 0.3) is 5.82 Å². The first-order valence-electron chi connectivity index (χ1n) is 6.39. The zero-order valence-electron chi connectivity index (χ0n) is 11.3. The fourth-order valence-electron chi connectivity index (χ4n) is 2.11. The van der Waals surface area contributed by atoms with E-state index >= 15 is 0 Å². The molecular weight excluding hydrogens is 313 g/mol. The molecule has 1 atom stereocenters. The first kappa shape index (κ1) is 14.3. The number of amides is 1. The summed E-state index contributed by atoms with van der Waals surface area (Å²) in [6.45, 7) is 2.07. The molecule has 1 aliphatic carbocycles. The lowest BCUT2D eigenvalue weighted by atomic mass is 10.1. The summed E-state index contributed by atoms with van der Waals surface area (Å²) >= 11 is 12.0. The van der Waals surface area contributed by atoms with Crippen LogP contribution in [0.3, 0.4) is 0 Å². The van der Waals surface area contributed by atoms with E-state index in [4.69, 9.17) is 23.2 Å². The molecule has 8 heteroatoms.